The zero-order chi connectivity index (χ0) is 21.7. The summed E-state index contributed by atoms with van der Waals surface area (Å²) in [5, 5.41) is 0. The molecule has 0 aliphatic carbocycles. The average molecular weight is 532 g/mol. The van der Waals surface area contributed by atoms with Crippen molar-refractivity contribution in [1.29, 1.82) is 0 Å². The van der Waals surface area contributed by atoms with Gasteiger partial charge in [-0.1, -0.05) is 56.1 Å². The van der Waals surface area contributed by atoms with Crippen LogP contribution in [0.3, 0.4) is 0 Å². The van der Waals surface area contributed by atoms with Gasteiger partial charge in [-0.25, -0.2) is 0 Å². The number of hydrogen-bond donors (Lipinski definition) is 0. The molecule has 1 aliphatic heterocycles. The van der Waals surface area contributed by atoms with Gasteiger partial charge in [-0.05, 0) is 61.6 Å². The minimum absolute atomic E-state index is 0.00777. The van der Waals surface area contributed by atoms with Gasteiger partial charge in [0.25, 0.3) is 0 Å². The highest BCUT2D eigenvalue weighted by molar-refractivity contribution is 9.10. The Kier molecular flexibility index (Phi) is 7.81. The summed E-state index contributed by atoms with van der Waals surface area (Å²) in [6, 6.07) is 15.6. The number of carbonyl (C=O) groups excluding carboxylic acids is 2. The molecule has 30 heavy (non-hydrogen) atoms. The fourth-order valence-corrected chi connectivity index (χ4v) is 4.12. The second-order valence-electron chi connectivity index (χ2n) is 7.58. The number of piperidine rings is 1. The molecule has 0 radical (unpaired) electrons. The van der Waals surface area contributed by atoms with E-state index in [4.69, 9.17) is 0 Å². The molecule has 1 fully saturated rings. The first-order valence-corrected chi connectivity index (χ1v) is 11.3. The molecule has 0 unspecified atom stereocenters. The van der Waals surface area contributed by atoms with Gasteiger partial charge in [-0.2, -0.15) is 0 Å². The van der Waals surface area contributed by atoms with Crippen LogP contribution in [0.15, 0.2) is 68.6 Å². The summed E-state index contributed by atoms with van der Waals surface area (Å²) in [7, 11) is 3.90. The summed E-state index contributed by atoms with van der Waals surface area (Å²) in [6.07, 6.45) is 4.19. The zero-order valence-corrected chi connectivity index (χ0v) is 20.2. The van der Waals surface area contributed by atoms with Crippen LogP contribution >= 0.6 is 31.9 Å². The van der Waals surface area contributed by atoms with Crippen LogP contribution < -0.4 is 0 Å². The quantitative estimate of drug-likeness (QED) is 0.507. The molecule has 4 nitrogen and oxygen atoms in total. The van der Waals surface area contributed by atoms with Crippen LogP contribution in [0, 0.1) is 0 Å². The molecule has 6 heteroatoms. The number of likely N-dealkylation sites (tertiary alicyclic amines) is 1. The molecular formula is C24H24Br2N2O2. The van der Waals surface area contributed by atoms with Crippen LogP contribution in [0.25, 0.3) is 12.2 Å². The molecule has 2 aromatic rings. The van der Waals surface area contributed by atoms with E-state index in [-0.39, 0.29) is 11.7 Å². The number of ketones is 1. The first-order valence-electron chi connectivity index (χ1n) is 9.71. The number of rotatable bonds is 5. The molecule has 1 heterocycles. The van der Waals surface area contributed by atoms with Crippen molar-refractivity contribution in [3.63, 3.8) is 0 Å². The maximum absolute atomic E-state index is 13.2. The van der Waals surface area contributed by atoms with E-state index in [1.54, 1.807) is 4.90 Å². The molecule has 3 rings (SSSR count). The normalized spacial score (nSPS) is 17.2. The molecule has 0 saturated carbocycles. The lowest BCUT2D eigenvalue weighted by molar-refractivity contribution is -0.131. The third kappa shape index (κ3) is 6.24. The Balaban J connectivity index is 1.95. The second kappa shape index (κ2) is 10.3. The maximum Gasteiger partial charge on any atom is 0.224 e. The van der Waals surface area contributed by atoms with Crippen LogP contribution in [-0.2, 0) is 9.59 Å². The Morgan fingerprint density at radius 3 is 1.90 bits per heavy atom. The Hall–Kier alpha value is -2.02. The Morgan fingerprint density at radius 1 is 0.967 bits per heavy atom. The number of nitrogens with zero attached hydrogens (tertiary/aromatic N) is 2. The number of carbonyl (C=O) groups is 2. The van der Waals surface area contributed by atoms with E-state index in [0.717, 1.165) is 20.1 Å². The first-order chi connectivity index (χ1) is 14.3. The summed E-state index contributed by atoms with van der Waals surface area (Å²) < 4.78 is 1.90. The lowest BCUT2D eigenvalue weighted by atomic mass is 9.94. The van der Waals surface area contributed by atoms with Gasteiger partial charge in [0.15, 0.2) is 5.78 Å². The first kappa shape index (κ1) is 22.7. The number of hydrogen-bond acceptors (Lipinski definition) is 3. The van der Waals surface area contributed by atoms with Gasteiger partial charge in [0, 0.05) is 46.1 Å². The van der Waals surface area contributed by atoms with E-state index in [1.165, 1.54) is 0 Å². The predicted molar refractivity (Wildman–Crippen MR) is 129 cm³/mol. The summed E-state index contributed by atoms with van der Waals surface area (Å²) in [5.41, 5.74) is 3.10. The van der Waals surface area contributed by atoms with E-state index in [9.17, 15) is 9.59 Å². The highest BCUT2D eigenvalue weighted by Gasteiger charge is 2.28. The minimum atomic E-state index is -0.00777. The Morgan fingerprint density at radius 2 is 1.47 bits per heavy atom. The van der Waals surface area contributed by atoms with E-state index in [2.05, 4.69) is 31.9 Å². The second-order valence-corrected chi connectivity index (χ2v) is 9.41. The van der Waals surface area contributed by atoms with Gasteiger partial charge >= 0.3 is 0 Å². The standard InChI is InChI=1S/C24H24Br2N2O2/c1-27(2)10-9-23(29)28-15-19(11-17-5-3-7-21(25)13-17)24(30)20(16-28)12-18-6-4-8-22(26)14-18/h3-8,11-14H,9-10,15-16H2,1-2H3/b19-11+,20-12+. The van der Waals surface area contributed by atoms with Gasteiger partial charge < -0.3 is 9.80 Å². The SMILES string of the molecule is CN(C)CCC(=O)N1C/C(=C\c2cccc(Br)c2)C(=O)/C(=C/c2cccc(Br)c2)C1. The topological polar surface area (TPSA) is 40.6 Å². The van der Waals surface area contributed by atoms with E-state index < -0.39 is 0 Å². The molecule has 0 bridgehead atoms. The molecule has 2 aromatic carbocycles. The van der Waals surface area contributed by atoms with Crippen molar-refractivity contribution >= 4 is 55.7 Å². The summed E-state index contributed by atoms with van der Waals surface area (Å²) in [5.74, 6) is 0.0445. The largest absolute Gasteiger partial charge is 0.334 e. The highest BCUT2D eigenvalue weighted by atomic mass is 79.9. The molecule has 0 spiro atoms. The van der Waals surface area contributed by atoms with Gasteiger partial charge in [-0.3, -0.25) is 9.59 Å². The summed E-state index contributed by atoms with van der Waals surface area (Å²) >= 11 is 6.95. The number of Topliss-reactive ketones (excluding diaryl/α,β-unsaturated/α-hetero) is 1. The number of halogens is 2. The van der Waals surface area contributed by atoms with Crippen LogP contribution in [0.5, 0.6) is 0 Å². The average Bonchev–Trinajstić information content (AvgIpc) is 2.69. The smallest absolute Gasteiger partial charge is 0.224 e. The third-order valence-electron chi connectivity index (χ3n) is 4.81. The van der Waals surface area contributed by atoms with Gasteiger partial charge in [0.2, 0.25) is 5.91 Å². The van der Waals surface area contributed by atoms with E-state index in [0.29, 0.717) is 37.2 Å². The van der Waals surface area contributed by atoms with Gasteiger partial charge in [0.1, 0.15) is 0 Å². The Bertz CT molecular complexity index is 944. The molecule has 0 N–H and O–H groups in total. The van der Waals surface area contributed by atoms with E-state index >= 15 is 0 Å². The third-order valence-corrected chi connectivity index (χ3v) is 5.80. The predicted octanol–water partition coefficient (Wildman–Crippen LogP) is 5.04. The van der Waals surface area contributed by atoms with Crippen LogP contribution in [-0.4, -0.2) is 55.2 Å². The minimum Gasteiger partial charge on any atom is -0.334 e. The van der Waals surface area contributed by atoms with E-state index in [1.807, 2.05) is 79.7 Å². The molecular weight excluding hydrogens is 508 g/mol. The molecule has 1 aliphatic rings. The van der Waals surface area contributed by atoms with Crippen molar-refractivity contribution < 1.29 is 9.59 Å². The lowest BCUT2D eigenvalue weighted by Crippen LogP contribution is -2.42. The van der Waals surface area contributed by atoms with Crippen molar-refractivity contribution in [3.05, 3.63) is 79.7 Å². The summed E-state index contributed by atoms with van der Waals surface area (Å²) in [6.45, 7) is 1.33. The fraction of sp³-hybridized carbons (Fsp3) is 0.250. The van der Waals surface area contributed by atoms with Gasteiger partial charge in [-0.15, -0.1) is 0 Å². The molecule has 1 amide bonds. The monoisotopic (exact) mass is 530 g/mol. The lowest BCUT2D eigenvalue weighted by Gasteiger charge is -2.30. The summed E-state index contributed by atoms with van der Waals surface area (Å²) in [4.78, 5) is 29.8. The maximum atomic E-state index is 13.2. The van der Waals surface area contributed by atoms with Crippen LogP contribution in [0.4, 0.5) is 0 Å². The number of benzene rings is 2. The zero-order valence-electron chi connectivity index (χ0n) is 17.1. The van der Waals surface area contributed by atoms with Crippen molar-refractivity contribution in [3.8, 4) is 0 Å². The van der Waals surface area contributed by atoms with Crippen molar-refractivity contribution in [2.75, 3.05) is 33.7 Å². The van der Waals surface area contributed by atoms with Gasteiger partial charge in [0.05, 0.1) is 0 Å². The molecule has 0 atom stereocenters. The fourth-order valence-electron chi connectivity index (χ4n) is 3.29. The molecule has 156 valence electrons. The Labute approximate surface area is 194 Å². The van der Waals surface area contributed by atoms with Crippen LogP contribution in [0.2, 0.25) is 0 Å². The molecule has 0 aromatic heterocycles. The highest BCUT2D eigenvalue weighted by Crippen LogP contribution is 2.24. The molecule has 1 saturated heterocycles. The number of amides is 1. The van der Waals surface area contributed by atoms with Crippen molar-refractivity contribution in [2.24, 2.45) is 0 Å². The van der Waals surface area contributed by atoms with Crippen molar-refractivity contribution in [1.82, 2.24) is 9.80 Å². The van der Waals surface area contributed by atoms with Crippen molar-refractivity contribution in [2.45, 2.75) is 6.42 Å². The van der Waals surface area contributed by atoms with Crippen LogP contribution in [0.1, 0.15) is 17.5 Å².